The summed E-state index contributed by atoms with van der Waals surface area (Å²) >= 11 is 1.99. The van der Waals surface area contributed by atoms with Gasteiger partial charge in [-0.1, -0.05) is 31.2 Å². The molecule has 1 saturated carbocycles. The molecule has 0 aliphatic heterocycles. The summed E-state index contributed by atoms with van der Waals surface area (Å²) in [6.45, 7) is 4.42. The summed E-state index contributed by atoms with van der Waals surface area (Å²) in [4.78, 5) is 26.1. The molecule has 2 atom stereocenters. The number of ketones is 1. The van der Waals surface area contributed by atoms with Gasteiger partial charge in [-0.25, -0.2) is 4.39 Å². The Kier molecular flexibility index (Phi) is 9.22. The predicted molar refractivity (Wildman–Crippen MR) is 162 cm³/mol. The number of hydrogen-bond donors (Lipinski definition) is 3. The van der Waals surface area contributed by atoms with E-state index < -0.39 is 23.0 Å². The molecule has 3 N–H and O–H groups in total. The van der Waals surface area contributed by atoms with Gasteiger partial charge in [0.05, 0.1) is 25.6 Å². The molecule has 1 aliphatic rings. The van der Waals surface area contributed by atoms with E-state index in [4.69, 9.17) is 9.47 Å². The first kappa shape index (κ1) is 29.6. The molecule has 7 nitrogen and oxygen atoms in total. The number of anilines is 2. The molecule has 3 aromatic rings. The highest BCUT2D eigenvalue weighted by atomic mass is 127. The number of carbonyl (C=O) groups excluding carboxylic acids is 1. The van der Waals surface area contributed by atoms with Gasteiger partial charge in [0.1, 0.15) is 11.5 Å². The Balaban J connectivity index is 1.81. The Bertz CT molecular complexity index is 1390. The molecule has 0 saturated heterocycles. The summed E-state index contributed by atoms with van der Waals surface area (Å²) < 4.78 is 27.7. The zero-order valence-electron chi connectivity index (χ0n) is 23.1. The number of carbonyl (C=O) groups is 2. The van der Waals surface area contributed by atoms with E-state index in [1.54, 1.807) is 14.2 Å². The van der Waals surface area contributed by atoms with Gasteiger partial charge in [0.15, 0.2) is 17.0 Å². The van der Waals surface area contributed by atoms with Crippen LogP contribution in [0.4, 0.5) is 15.8 Å². The predicted octanol–water partition coefficient (Wildman–Crippen LogP) is 6.69. The number of hydrogen-bond acceptors (Lipinski definition) is 6. The van der Waals surface area contributed by atoms with Crippen LogP contribution in [-0.4, -0.2) is 31.1 Å². The summed E-state index contributed by atoms with van der Waals surface area (Å²) in [7, 11) is 3.19. The average Bonchev–Trinajstić information content (AvgIpc) is 2.96. The number of carboxylic acid groups (broad SMARTS) is 1. The SMILES string of the molecule is COc1ccc(CNc2c(C)c(I)c(C3(C(=O)O)CC(C)CCC3=O)c(F)c2NCc2ccc(OC)cc2)cc1. The summed E-state index contributed by atoms with van der Waals surface area (Å²) in [5, 5.41) is 17.0. The third-order valence-corrected chi connectivity index (χ3v) is 9.00. The van der Waals surface area contributed by atoms with Gasteiger partial charge in [-0.15, -0.1) is 0 Å². The first-order valence-corrected chi connectivity index (χ1v) is 14.2. The van der Waals surface area contributed by atoms with Crippen LogP contribution in [0, 0.1) is 22.2 Å². The largest absolute Gasteiger partial charge is 0.497 e. The minimum atomic E-state index is -1.94. The number of benzene rings is 3. The maximum Gasteiger partial charge on any atom is 0.321 e. The van der Waals surface area contributed by atoms with Crippen molar-refractivity contribution in [2.45, 2.75) is 51.6 Å². The molecule has 40 heavy (non-hydrogen) atoms. The van der Waals surface area contributed by atoms with Crippen LogP contribution in [0.2, 0.25) is 0 Å². The molecule has 212 valence electrons. The van der Waals surface area contributed by atoms with E-state index in [1.807, 2.05) is 85.0 Å². The fraction of sp³-hybridized carbons (Fsp3) is 0.355. The van der Waals surface area contributed by atoms with Crippen LogP contribution in [0.3, 0.4) is 0 Å². The zero-order chi connectivity index (χ0) is 29.0. The minimum absolute atomic E-state index is 0.0344. The average molecular weight is 661 g/mol. The van der Waals surface area contributed by atoms with Crippen LogP contribution < -0.4 is 20.1 Å². The quantitative estimate of drug-likeness (QED) is 0.165. The second-order valence-corrected chi connectivity index (χ2v) is 11.3. The number of Topliss-reactive ketones (excluding diaryl/α,β-unsaturated/α-hetero) is 1. The summed E-state index contributed by atoms with van der Waals surface area (Å²) in [6, 6.07) is 14.9. The molecule has 0 heterocycles. The maximum atomic E-state index is 16.8. The fourth-order valence-electron chi connectivity index (χ4n) is 5.33. The molecule has 1 aliphatic carbocycles. The van der Waals surface area contributed by atoms with Gasteiger partial charge in [0.2, 0.25) is 0 Å². The van der Waals surface area contributed by atoms with Crippen molar-refractivity contribution in [2.24, 2.45) is 5.92 Å². The van der Waals surface area contributed by atoms with E-state index in [1.165, 1.54) is 0 Å². The molecule has 0 bridgehead atoms. The van der Waals surface area contributed by atoms with Crippen LogP contribution in [-0.2, 0) is 28.1 Å². The Hall–Kier alpha value is -3.34. The van der Waals surface area contributed by atoms with Gasteiger partial charge < -0.3 is 25.2 Å². The normalized spacial score (nSPS) is 18.8. The molecular weight excluding hydrogens is 626 g/mol. The topological polar surface area (TPSA) is 96.9 Å². The molecule has 2 unspecified atom stereocenters. The highest BCUT2D eigenvalue weighted by Gasteiger charge is 2.53. The molecule has 0 spiro atoms. The van der Waals surface area contributed by atoms with E-state index in [9.17, 15) is 14.7 Å². The molecule has 1 fully saturated rings. The monoisotopic (exact) mass is 660 g/mol. The van der Waals surface area contributed by atoms with Crippen LogP contribution in [0.15, 0.2) is 48.5 Å². The number of rotatable bonds is 10. The number of aliphatic carboxylic acids is 1. The number of nitrogens with one attached hydrogen (secondary N) is 2. The van der Waals surface area contributed by atoms with Crippen molar-refractivity contribution >= 4 is 45.7 Å². The Morgan fingerprint density at radius 1 is 1.00 bits per heavy atom. The third-order valence-electron chi connectivity index (χ3n) is 7.66. The highest BCUT2D eigenvalue weighted by Crippen LogP contribution is 2.47. The van der Waals surface area contributed by atoms with Gasteiger partial charge in [-0.2, -0.15) is 0 Å². The molecule has 0 aromatic heterocycles. The van der Waals surface area contributed by atoms with Gasteiger partial charge in [0.25, 0.3) is 0 Å². The lowest BCUT2D eigenvalue weighted by Crippen LogP contribution is -2.49. The second-order valence-electron chi connectivity index (χ2n) is 10.3. The Labute approximate surface area is 247 Å². The first-order chi connectivity index (χ1) is 19.1. The summed E-state index contributed by atoms with van der Waals surface area (Å²) in [5.74, 6) is -1.07. The van der Waals surface area contributed by atoms with E-state index in [2.05, 4.69) is 10.6 Å². The summed E-state index contributed by atoms with van der Waals surface area (Å²) in [5.41, 5.74) is 1.19. The van der Waals surface area contributed by atoms with E-state index in [0.29, 0.717) is 33.5 Å². The van der Waals surface area contributed by atoms with Crippen LogP contribution in [0.25, 0.3) is 0 Å². The number of methoxy groups -OCH3 is 2. The molecule has 0 radical (unpaired) electrons. The van der Waals surface area contributed by atoms with Crippen molar-refractivity contribution < 1.29 is 28.6 Å². The smallest absolute Gasteiger partial charge is 0.321 e. The lowest BCUT2D eigenvalue weighted by Gasteiger charge is -2.37. The number of halogens is 2. The lowest BCUT2D eigenvalue weighted by molar-refractivity contribution is -0.151. The van der Waals surface area contributed by atoms with Crippen LogP contribution in [0.5, 0.6) is 11.5 Å². The third kappa shape index (κ3) is 5.75. The van der Waals surface area contributed by atoms with Gasteiger partial charge in [-0.3, -0.25) is 9.59 Å². The Morgan fingerprint density at radius 2 is 1.50 bits per heavy atom. The van der Waals surface area contributed by atoms with Crippen LogP contribution in [0.1, 0.15) is 48.4 Å². The fourth-order valence-corrected chi connectivity index (χ4v) is 6.30. The molecule has 0 amide bonds. The molecular formula is C31H34FIN2O5. The van der Waals surface area contributed by atoms with E-state index >= 15 is 4.39 Å². The van der Waals surface area contributed by atoms with Crippen molar-refractivity contribution in [1.29, 1.82) is 0 Å². The van der Waals surface area contributed by atoms with Crippen molar-refractivity contribution in [3.63, 3.8) is 0 Å². The van der Waals surface area contributed by atoms with E-state index in [-0.39, 0.29) is 36.6 Å². The standard InChI is InChI=1S/C31H34FIN2O5/c1-18-5-14-24(36)31(15-18,30(37)38)25-26(32)29(35-17-21-8-12-23(40-4)13-9-21)28(19(2)27(25)33)34-16-20-6-10-22(39-3)11-7-20/h6-13,18,34-35H,5,14-17H2,1-4H3,(H,37,38). The van der Waals surface area contributed by atoms with E-state index in [0.717, 1.165) is 16.9 Å². The molecule has 9 heteroatoms. The summed E-state index contributed by atoms with van der Waals surface area (Å²) in [6.07, 6.45) is 0.757. The highest BCUT2D eigenvalue weighted by molar-refractivity contribution is 14.1. The van der Waals surface area contributed by atoms with Crippen molar-refractivity contribution in [3.05, 3.63) is 80.2 Å². The van der Waals surface area contributed by atoms with Crippen LogP contribution >= 0.6 is 22.6 Å². The maximum absolute atomic E-state index is 16.8. The Morgan fingerprint density at radius 3 is 1.98 bits per heavy atom. The molecule has 3 aromatic carbocycles. The van der Waals surface area contributed by atoms with Crippen molar-refractivity contribution in [1.82, 2.24) is 0 Å². The van der Waals surface area contributed by atoms with Gasteiger partial charge in [0, 0.05) is 28.6 Å². The minimum Gasteiger partial charge on any atom is -0.497 e. The van der Waals surface area contributed by atoms with Gasteiger partial charge in [-0.05, 0) is 89.2 Å². The second kappa shape index (κ2) is 12.4. The number of carboxylic acids is 1. The number of ether oxygens (including phenoxy) is 2. The van der Waals surface area contributed by atoms with Crippen molar-refractivity contribution in [2.75, 3.05) is 24.9 Å². The zero-order valence-corrected chi connectivity index (χ0v) is 25.2. The van der Waals surface area contributed by atoms with Crippen molar-refractivity contribution in [3.8, 4) is 11.5 Å². The molecule has 4 rings (SSSR count). The lowest BCUT2D eigenvalue weighted by atomic mass is 9.65. The van der Waals surface area contributed by atoms with Gasteiger partial charge >= 0.3 is 5.97 Å². The first-order valence-electron chi connectivity index (χ1n) is 13.1.